The Labute approximate surface area is 90.6 Å². The number of ether oxygens (including phenoxy) is 2. The van der Waals surface area contributed by atoms with Gasteiger partial charge < -0.3 is 9.47 Å². The second kappa shape index (κ2) is 7.56. The molecule has 0 radical (unpaired) electrons. The lowest BCUT2D eigenvalue weighted by atomic mass is 10.3. The second-order valence-corrected chi connectivity index (χ2v) is 3.10. The van der Waals surface area contributed by atoms with Gasteiger partial charge in [0.25, 0.3) is 0 Å². The minimum Gasteiger partial charge on any atom is -0.493 e. The van der Waals surface area contributed by atoms with Gasteiger partial charge >= 0.3 is 0 Å². The molecular weight excluding hydrogens is 196 g/mol. The lowest BCUT2D eigenvalue weighted by molar-refractivity contribution is 0.354. The van der Waals surface area contributed by atoms with Crippen molar-refractivity contribution in [3.05, 3.63) is 18.2 Å². The molecule has 3 heteroatoms. The fourth-order valence-electron chi connectivity index (χ4n) is 0.944. The monoisotopic (exact) mass is 214 g/mol. The van der Waals surface area contributed by atoms with Crippen molar-refractivity contribution in [2.24, 2.45) is 0 Å². The zero-order chi connectivity index (χ0) is 11.0. The fourth-order valence-corrected chi connectivity index (χ4v) is 1.37. The van der Waals surface area contributed by atoms with Crippen LogP contribution in [0, 0.1) is 0 Å². The van der Waals surface area contributed by atoms with Crippen LogP contribution in [0.25, 0.3) is 0 Å². The van der Waals surface area contributed by atoms with Crippen LogP contribution in [-0.4, -0.2) is 20.5 Å². The molecule has 0 fully saturated rings. The maximum absolute atomic E-state index is 5.14. The first-order chi connectivity index (χ1) is 6.81. The summed E-state index contributed by atoms with van der Waals surface area (Å²) in [6.45, 7) is 4.00. The molecule has 0 aromatic heterocycles. The predicted octanol–water partition coefficient (Wildman–Crippen LogP) is 3.45. The molecule has 80 valence electrons. The minimum atomic E-state index is 0.773. The smallest absolute Gasteiger partial charge is 0.161 e. The molecule has 0 unspecified atom stereocenters. The van der Waals surface area contributed by atoms with Gasteiger partial charge in [0.2, 0.25) is 0 Å². The first-order valence-corrected chi connectivity index (χ1v) is 5.80. The summed E-state index contributed by atoms with van der Waals surface area (Å²) in [7, 11) is 3.28. The first-order valence-electron chi connectivity index (χ1n) is 4.58. The van der Waals surface area contributed by atoms with Gasteiger partial charge in [-0.2, -0.15) is 0 Å². The van der Waals surface area contributed by atoms with E-state index in [9.17, 15) is 0 Å². The molecule has 0 aliphatic heterocycles. The summed E-state index contributed by atoms with van der Waals surface area (Å²) in [6, 6.07) is 5.88. The summed E-state index contributed by atoms with van der Waals surface area (Å²) in [4.78, 5) is 1.17. The molecule has 0 heterocycles. The van der Waals surface area contributed by atoms with Crippen LogP contribution in [0.2, 0.25) is 0 Å². The molecular formula is C11H18O2S. The predicted molar refractivity (Wildman–Crippen MR) is 62.7 cm³/mol. The van der Waals surface area contributed by atoms with E-state index in [2.05, 4.69) is 0 Å². The van der Waals surface area contributed by atoms with Gasteiger partial charge in [0, 0.05) is 4.90 Å². The van der Waals surface area contributed by atoms with Crippen LogP contribution in [0.5, 0.6) is 11.5 Å². The number of hydrogen-bond donors (Lipinski definition) is 0. The Kier molecular flexibility index (Phi) is 7.11. The maximum Gasteiger partial charge on any atom is 0.161 e. The van der Waals surface area contributed by atoms with Gasteiger partial charge in [-0.15, -0.1) is 11.8 Å². The number of thioether (sulfide) groups is 1. The number of methoxy groups -OCH3 is 2. The third kappa shape index (κ3) is 3.50. The van der Waals surface area contributed by atoms with Gasteiger partial charge in [-0.05, 0) is 24.5 Å². The summed E-state index contributed by atoms with van der Waals surface area (Å²) in [6.07, 6.45) is 2.03. The highest BCUT2D eigenvalue weighted by Gasteiger charge is 2.02. The van der Waals surface area contributed by atoms with Gasteiger partial charge in [0.1, 0.15) is 0 Å². The molecule has 0 aliphatic carbocycles. The van der Waals surface area contributed by atoms with Crippen LogP contribution in [0.15, 0.2) is 23.1 Å². The van der Waals surface area contributed by atoms with E-state index in [-0.39, 0.29) is 0 Å². The molecule has 0 bridgehead atoms. The fraction of sp³-hybridized carbons (Fsp3) is 0.455. The van der Waals surface area contributed by atoms with Gasteiger partial charge in [0.05, 0.1) is 14.2 Å². The van der Waals surface area contributed by atoms with Crippen molar-refractivity contribution in [3.63, 3.8) is 0 Å². The lowest BCUT2D eigenvalue weighted by Gasteiger charge is -2.07. The Morgan fingerprint density at radius 1 is 1.00 bits per heavy atom. The average Bonchev–Trinajstić information content (AvgIpc) is 2.30. The molecule has 0 saturated heterocycles. The van der Waals surface area contributed by atoms with Gasteiger partial charge in [-0.25, -0.2) is 0 Å². The van der Waals surface area contributed by atoms with Crippen molar-refractivity contribution in [1.82, 2.24) is 0 Å². The standard InChI is InChI=1S/C9H12O2S.C2H6/c1-10-8-5-4-7(12-3)6-9(8)11-2;1-2/h4-6H,1-3H3;1-2H3. The zero-order valence-electron chi connectivity index (χ0n) is 9.46. The highest BCUT2D eigenvalue weighted by atomic mass is 32.2. The first kappa shape index (κ1) is 13.2. The maximum atomic E-state index is 5.14. The summed E-state index contributed by atoms with van der Waals surface area (Å²) in [5.74, 6) is 1.56. The minimum absolute atomic E-state index is 0.773. The van der Waals surface area contributed by atoms with Crippen LogP contribution < -0.4 is 9.47 Å². The van der Waals surface area contributed by atoms with Gasteiger partial charge in [-0.3, -0.25) is 0 Å². The van der Waals surface area contributed by atoms with E-state index in [1.54, 1.807) is 26.0 Å². The molecule has 0 saturated carbocycles. The molecule has 0 amide bonds. The van der Waals surface area contributed by atoms with E-state index in [0.717, 1.165) is 11.5 Å². The Bertz CT molecular complexity index is 261. The molecule has 2 nitrogen and oxygen atoms in total. The van der Waals surface area contributed by atoms with E-state index in [1.807, 2.05) is 38.3 Å². The van der Waals surface area contributed by atoms with Crippen LogP contribution in [0.3, 0.4) is 0 Å². The van der Waals surface area contributed by atoms with Crippen molar-refractivity contribution in [1.29, 1.82) is 0 Å². The third-order valence-electron chi connectivity index (χ3n) is 1.59. The van der Waals surface area contributed by atoms with Crippen molar-refractivity contribution in [3.8, 4) is 11.5 Å². The Morgan fingerprint density at radius 2 is 1.57 bits per heavy atom. The van der Waals surface area contributed by atoms with E-state index >= 15 is 0 Å². The van der Waals surface area contributed by atoms with E-state index in [0.29, 0.717) is 0 Å². The summed E-state index contributed by atoms with van der Waals surface area (Å²) < 4.78 is 10.2. The molecule has 0 spiro atoms. The van der Waals surface area contributed by atoms with Gasteiger partial charge in [0.15, 0.2) is 11.5 Å². The highest BCUT2D eigenvalue weighted by molar-refractivity contribution is 7.98. The van der Waals surface area contributed by atoms with Crippen LogP contribution in [0.4, 0.5) is 0 Å². The van der Waals surface area contributed by atoms with E-state index in [4.69, 9.17) is 9.47 Å². The Balaban J connectivity index is 0.000000791. The zero-order valence-corrected chi connectivity index (χ0v) is 10.3. The number of hydrogen-bond acceptors (Lipinski definition) is 3. The average molecular weight is 214 g/mol. The molecule has 0 atom stereocenters. The molecule has 1 rings (SSSR count). The largest absolute Gasteiger partial charge is 0.493 e. The number of benzene rings is 1. The summed E-state index contributed by atoms with van der Waals surface area (Å²) in [5.41, 5.74) is 0. The van der Waals surface area contributed by atoms with Crippen molar-refractivity contribution in [2.45, 2.75) is 18.7 Å². The molecule has 1 aromatic carbocycles. The Hall–Kier alpha value is -0.830. The van der Waals surface area contributed by atoms with Gasteiger partial charge in [-0.1, -0.05) is 13.8 Å². The van der Waals surface area contributed by atoms with Crippen LogP contribution in [-0.2, 0) is 0 Å². The van der Waals surface area contributed by atoms with E-state index in [1.165, 1.54) is 4.90 Å². The molecule has 1 aromatic rings. The SMILES string of the molecule is CC.COc1ccc(SC)cc1OC. The van der Waals surface area contributed by atoms with E-state index < -0.39 is 0 Å². The lowest BCUT2D eigenvalue weighted by Crippen LogP contribution is -1.89. The Morgan fingerprint density at radius 3 is 2.00 bits per heavy atom. The quantitative estimate of drug-likeness (QED) is 0.718. The normalized spacial score (nSPS) is 8.64. The topological polar surface area (TPSA) is 18.5 Å². The van der Waals surface area contributed by atoms with Crippen LogP contribution >= 0.6 is 11.8 Å². The van der Waals surface area contributed by atoms with Crippen molar-refractivity contribution >= 4 is 11.8 Å². The van der Waals surface area contributed by atoms with Crippen molar-refractivity contribution in [2.75, 3.05) is 20.5 Å². The van der Waals surface area contributed by atoms with Crippen molar-refractivity contribution < 1.29 is 9.47 Å². The summed E-state index contributed by atoms with van der Waals surface area (Å²) in [5, 5.41) is 0. The third-order valence-corrected chi connectivity index (χ3v) is 2.32. The molecule has 0 N–H and O–H groups in total. The molecule has 0 aliphatic rings. The van der Waals surface area contributed by atoms with Crippen LogP contribution in [0.1, 0.15) is 13.8 Å². The highest BCUT2D eigenvalue weighted by Crippen LogP contribution is 2.30. The number of rotatable bonds is 3. The summed E-state index contributed by atoms with van der Waals surface area (Å²) >= 11 is 1.68. The second-order valence-electron chi connectivity index (χ2n) is 2.22. The molecule has 14 heavy (non-hydrogen) atoms.